The summed E-state index contributed by atoms with van der Waals surface area (Å²) in [6.07, 6.45) is 7.39. The van der Waals surface area contributed by atoms with E-state index in [1.54, 1.807) is 18.2 Å². The molecule has 1 aliphatic rings. The summed E-state index contributed by atoms with van der Waals surface area (Å²) >= 11 is 0. The van der Waals surface area contributed by atoms with E-state index in [4.69, 9.17) is 0 Å². The van der Waals surface area contributed by atoms with Crippen molar-refractivity contribution in [1.82, 2.24) is 5.32 Å². The van der Waals surface area contributed by atoms with Crippen molar-refractivity contribution >= 4 is 12.0 Å². The molecule has 1 amide bonds. The van der Waals surface area contributed by atoms with Gasteiger partial charge in [0.2, 0.25) is 5.91 Å². The number of halogens is 1. The van der Waals surface area contributed by atoms with Gasteiger partial charge in [-0.2, -0.15) is 0 Å². The van der Waals surface area contributed by atoms with Gasteiger partial charge in [-0.25, -0.2) is 4.39 Å². The van der Waals surface area contributed by atoms with E-state index in [1.807, 2.05) is 0 Å². The maximum Gasteiger partial charge on any atom is 0.244 e. The van der Waals surface area contributed by atoms with Crippen LogP contribution in [-0.4, -0.2) is 11.9 Å². The van der Waals surface area contributed by atoms with Crippen LogP contribution < -0.4 is 5.32 Å². The minimum Gasteiger partial charge on any atom is -0.350 e. The summed E-state index contributed by atoms with van der Waals surface area (Å²) < 4.78 is 13.3. The molecule has 1 aromatic carbocycles. The fraction of sp³-hybridized carbons (Fsp3) is 0.357. The molecule has 90 valence electrons. The van der Waals surface area contributed by atoms with Crippen LogP contribution in [-0.2, 0) is 4.79 Å². The van der Waals surface area contributed by atoms with Crippen LogP contribution in [0.4, 0.5) is 4.39 Å². The monoisotopic (exact) mass is 233 g/mol. The fourth-order valence-corrected chi connectivity index (χ4v) is 2.10. The van der Waals surface area contributed by atoms with Gasteiger partial charge in [0, 0.05) is 17.7 Å². The third kappa shape index (κ3) is 3.41. The van der Waals surface area contributed by atoms with Crippen LogP contribution in [0.3, 0.4) is 0 Å². The molecule has 2 rings (SSSR count). The molecule has 2 nitrogen and oxygen atoms in total. The Bertz CT molecular complexity index is 422. The Labute approximate surface area is 101 Å². The van der Waals surface area contributed by atoms with Gasteiger partial charge in [0.15, 0.2) is 0 Å². The smallest absolute Gasteiger partial charge is 0.244 e. The maximum absolute atomic E-state index is 13.3. The highest BCUT2D eigenvalue weighted by atomic mass is 19.1. The Morgan fingerprint density at radius 2 is 2.00 bits per heavy atom. The van der Waals surface area contributed by atoms with Crippen molar-refractivity contribution in [2.24, 2.45) is 0 Å². The average Bonchev–Trinajstić information content (AvgIpc) is 2.81. The Balaban J connectivity index is 1.91. The molecule has 1 saturated carbocycles. The lowest BCUT2D eigenvalue weighted by Crippen LogP contribution is -2.30. The van der Waals surface area contributed by atoms with Crippen molar-refractivity contribution in [1.29, 1.82) is 0 Å². The van der Waals surface area contributed by atoms with E-state index in [1.165, 1.54) is 31.1 Å². The molecule has 1 fully saturated rings. The van der Waals surface area contributed by atoms with E-state index < -0.39 is 0 Å². The highest BCUT2D eigenvalue weighted by Crippen LogP contribution is 2.17. The molecule has 0 heterocycles. The van der Waals surface area contributed by atoms with Crippen LogP contribution in [0, 0.1) is 5.82 Å². The van der Waals surface area contributed by atoms with E-state index in [0.717, 1.165) is 12.8 Å². The summed E-state index contributed by atoms with van der Waals surface area (Å²) in [5.41, 5.74) is 0.439. The Kier molecular flexibility index (Phi) is 3.91. The molecule has 0 aliphatic heterocycles. The van der Waals surface area contributed by atoms with Crippen LogP contribution in [0.15, 0.2) is 30.3 Å². The largest absolute Gasteiger partial charge is 0.350 e. The number of amides is 1. The van der Waals surface area contributed by atoms with Gasteiger partial charge in [0.1, 0.15) is 5.82 Å². The first-order chi connectivity index (χ1) is 8.25. The normalized spacial score (nSPS) is 16.5. The number of rotatable bonds is 3. The van der Waals surface area contributed by atoms with Crippen molar-refractivity contribution in [3.05, 3.63) is 41.7 Å². The number of benzene rings is 1. The van der Waals surface area contributed by atoms with Gasteiger partial charge < -0.3 is 5.32 Å². The molecule has 1 N–H and O–H groups in total. The first-order valence-corrected chi connectivity index (χ1v) is 5.99. The Morgan fingerprint density at radius 1 is 1.29 bits per heavy atom. The number of nitrogens with one attached hydrogen (secondary N) is 1. The van der Waals surface area contributed by atoms with E-state index in [0.29, 0.717) is 11.6 Å². The molecule has 17 heavy (non-hydrogen) atoms. The van der Waals surface area contributed by atoms with Gasteiger partial charge in [-0.15, -0.1) is 0 Å². The van der Waals surface area contributed by atoms with Crippen molar-refractivity contribution in [3.8, 4) is 0 Å². The Hall–Kier alpha value is -1.64. The second-order valence-electron chi connectivity index (χ2n) is 4.34. The van der Waals surface area contributed by atoms with Gasteiger partial charge in [-0.05, 0) is 25.0 Å². The van der Waals surface area contributed by atoms with Gasteiger partial charge >= 0.3 is 0 Å². The topological polar surface area (TPSA) is 29.1 Å². The zero-order valence-electron chi connectivity index (χ0n) is 9.66. The quantitative estimate of drug-likeness (QED) is 0.799. The molecule has 0 atom stereocenters. The summed E-state index contributed by atoms with van der Waals surface area (Å²) in [6.45, 7) is 0. The third-order valence-corrected chi connectivity index (χ3v) is 3.02. The van der Waals surface area contributed by atoms with Gasteiger partial charge in [0.05, 0.1) is 0 Å². The van der Waals surface area contributed by atoms with Crippen molar-refractivity contribution < 1.29 is 9.18 Å². The first kappa shape index (κ1) is 11.8. The lowest BCUT2D eigenvalue weighted by atomic mass is 10.2. The second-order valence-corrected chi connectivity index (χ2v) is 4.34. The van der Waals surface area contributed by atoms with E-state index in [9.17, 15) is 9.18 Å². The standard InChI is InChI=1S/C14H16FNO/c15-13-8-4-1-5-11(13)9-10-14(17)16-12-6-2-3-7-12/h1,4-5,8-10,12H,2-3,6-7H2,(H,16,17). The predicted octanol–water partition coefficient (Wildman–Crippen LogP) is 2.90. The minimum absolute atomic E-state index is 0.139. The van der Waals surface area contributed by atoms with E-state index in [2.05, 4.69) is 5.32 Å². The number of hydrogen-bond donors (Lipinski definition) is 1. The summed E-state index contributed by atoms with van der Waals surface area (Å²) in [6, 6.07) is 6.71. The van der Waals surface area contributed by atoms with Gasteiger partial charge in [-0.1, -0.05) is 31.0 Å². The summed E-state index contributed by atoms with van der Waals surface area (Å²) in [7, 11) is 0. The average molecular weight is 233 g/mol. The Morgan fingerprint density at radius 3 is 2.71 bits per heavy atom. The summed E-state index contributed by atoms with van der Waals surface area (Å²) in [5.74, 6) is -0.447. The third-order valence-electron chi connectivity index (χ3n) is 3.02. The van der Waals surface area contributed by atoms with Crippen molar-refractivity contribution in [2.45, 2.75) is 31.7 Å². The molecular weight excluding hydrogens is 217 g/mol. The molecule has 3 heteroatoms. The van der Waals surface area contributed by atoms with Crippen LogP contribution in [0.1, 0.15) is 31.2 Å². The lowest BCUT2D eigenvalue weighted by Gasteiger charge is -2.09. The molecule has 1 aliphatic carbocycles. The molecular formula is C14H16FNO. The van der Waals surface area contributed by atoms with Crippen molar-refractivity contribution in [3.63, 3.8) is 0 Å². The molecule has 0 unspecified atom stereocenters. The zero-order chi connectivity index (χ0) is 12.1. The first-order valence-electron chi connectivity index (χ1n) is 5.99. The van der Waals surface area contributed by atoms with E-state index in [-0.39, 0.29) is 11.7 Å². The molecule has 0 saturated heterocycles. The molecule has 0 aromatic heterocycles. The maximum atomic E-state index is 13.3. The highest BCUT2D eigenvalue weighted by Gasteiger charge is 2.15. The SMILES string of the molecule is O=C(C=Cc1ccccc1F)NC1CCCC1. The fourth-order valence-electron chi connectivity index (χ4n) is 2.10. The van der Waals surface area contributed by atoms with Crippen LogP contribution >= 0.6 is 0 Å². The van der Waals surface area contributed by atoms with E-state index >= 15 is 0 Å². The molecule has 0 radical (unpaired) electrons. The summed E-state index contributed by atoms with van der Waals surface area (Å²) in [4.78, 5) is 11.6. The molecule has 1 aromatic rings. The summed E-state index contributed by atoms with van der Waals surface area (Å²) in [5, 5.41) is 2.92. The number of hydrogen-bond acceptors (Lipinski definition) is 1. The molecule has 0 bridgehead atoms. The van der Waals surface area contributed by atoms with Crippen LogP contribution in [0.25, 0.3) is 6.08 Å². The second kappa shape index (κ2) is 5.62. The van der Waals surface area contributed by atoms with Crippen LogP contribution in [0.2, 0.25) is 0 Å². The van der Waals surface area contributed by atoms with Gasteiger partial charge in [0.25, 0.3) is 0 Å². The highest BCUT2D eigenvalue weighted by molar-refractivity contribution is 5.91. The van der Waals surface area contributed by atoms with Crippen LogP contribution in [0.5, 0.6) is 0 Å². The number of carbonyl (C=O) groups is 1. The van der Waals surface area contributed by atoms with Crippen molar-refractivity contribution in [2.75, 3.05) is 0 Å². The number of carbonyl (C=O) groups excluding carboxylic acids is 1. The van der Waals surface area contributed by atoms with Gasteiger partial charge in [-0.3, -0.25) is 4.79 Å². The minimum atomic E-state index is -0.308. The lowest BCUT2D eigenvalue weighted by molar-refractivity contribution is -0.117. The zero-order valence-corrected chi connectivity index (χ0v) is 9.66. The molecule has 0 spiro atoms. The predicted molar refractivity (Wildman–Crippen MR) is 65.8 cm³/mol.